The van der Waals surface area contributed by atoms with Crippen molar-refractivity contribution < 1.29 is 4.74 Å². The van der Waals surface area contributed by atoms with Gasteiger partial charge in [0.15, 0.2) is 11.8 Å². The van der Waals surface area contributed by atoms with Crippen LogP contribution in [-0.2, 0) is 6.54 Å². The number of nitrogens with one attached hydrogen (secondary N) is 3. The molecule has 4 rings (SSSR count). The van der Waals surface area contributed by atoms with E-state index in [1.54, 1.807) is 14.2 Å². The third kappa shape index (κ3) is 5.66. The van der Waals surface area contributed by atoms with Crippen molar-refractivity contribution in [3.05, 3.63) is 60.4 Å². The van der Waals surface area contributed by atoms with E-state index >= 15 is 0 Å². The number of H-pyrrole nitrogens is 1. The van der Waals surface area contributed by atoms with Gasteiger partial charge in [0.25, 0.3) is 0 Å². The Bertz CT molecular complexity index is 993. The van der Waals surface area contributed by atoms with Gasteiger partial charge in [-0.1, -0.05) is 30.3 Å². The summed E-state index contributed by atoms with van der Waals surface area (Å²) < 4.78 is 5.51. The molecule has 0 spiro atoms. The smallest absolute Gasteiger partial charge is 0.191 e. The van der Waals surface area contributed by atoms with Crippen molar-refractivity contribution in [3.8, 4) is 17.1 Å². The standard InChI is InChI=1S/C22H27N7O.HI/c1-23-22(24-13-16-6-5-7-17(12-16)21-25-15-26-28-21)27-18-10-11-29(14-18)19-8-3-4-9-20(19)30-2;/h3-9,12,15,18H,10-11,13-14H2,1-2H3,(H2,23,24,27)(H,25,26,28);1H. The maximum atomic E-state index is 5.51. The number of para-hydroxylation sites is 2. The fraction of sp³-hybridized carbons (Fsp3) is 0.318. The van der Waals surface area contributed by atoms with E-state index in [0.717, 1.165) is 53.9 Å². The number of aromatic nitrogens is 3. The highest BCUT2D eigenvalue weighted by atomic mass is 127. The van der Waals surface area contributed by atoms with Crippen LogP contribution in [0.1, 0.15) is 12.0 Å². The van der Waals surface area contributed by atoms with Crippen molar-refractivity contribution >= 4 is 35.6 Å². The molecule has 1 atom stereocenters. The highest BCUT2D eigenvalue weighted by molar-refractivity contribution is 14.0. The normalized spacial score (nSPS) is 16.0. The fourth-order valence-electron chi connectivity index (χ4n) is 3.73. The van der Waals surface area contributed by atoms with Gasteiger partial charge >= 0.3 is 0 Å². The lowest BCUT2D eigenvalue weighted by Crippen LogP contribution is -2.44. The molecular weight excluding hydrogens is 505 g/mol. The number of halogens is 1. The first-order chi connectivity index (χ1) is 14.8. The molecule has 0 bridgehead atoms. The van der Waals surface area contributed by atoms with E-state index in [4.69, 9.17) is 4.74 Å². The molecule has 0 saturated carbocycles. The van der Waals surface area contributed by atoms with Crippen LogP contribution in [0, 0.1) is 0 Å². The lowest BCUT2D eigenvalue weighted by atomic mass is 10.1. The van der Waals surface area contributed by atoms with Crippen LogP contribution in [0.2, 0.25) is 0 Å². The molecule has 2 heterocycles. The summed E-state index contributed by atoms with van der Waals surface area (Å²) in [4.78, 5) is 11.0. The van der Waals surface area contributed by atoms with Gasteiger partial charge in [0.1, 0.15) is 12.1 Å². The average molecular weight is 533 g/mol. The minimum absolute atomic E-state index is 0. The molecular formula is C22H28IN7O. The molecule has 3 aromatic rings. The molecule has 2 aromatic carbocycles. The molecule has 1 unspecified atom stereocenters. The monoisotopic (exact) mass is 533 g/mol. The Morgan fingerprint density at radius 1 is 1.26 bits per heavy atom. The molecule has 1 fully saturated rings. The van der Waals surface area contributed by atoms with Gasteiger partial charge in [0, 0.05) is 38.3 Å². The van der Waals surface area contributed by atoms with Gasteiger partial charge in [-0.2, -0.15) is 5.10 Å². The third-order valence-corrected chi connectivity index (χ3v) is 5.25. The number of ether oxygens (including phenoxy) is 1. The summed E-state index contributed by atoms with van der Waals surface area (Å²) in [6.07, 6.45) is 2.56. The number of nitrogens with zero attached hydrogens (tertiary/aromatic N) is 4. The van der Waals surface area contributed by atoms with Crippen LogP contribution in [0.5, 0.6) is 5.75 Å². The molecule has 1 aliphatic heterocycles. The Hall–Kier alpha value is -2.82. The number of hydrogen-bond donors (Lipinski definition) is 3. The predicted molar refractivity (Wildman–Crippen MR) is 134 cm³/mol. The first-order valence-corrected chi connectivity index (χ1v) is 10.1. The van der Waals surface area contributed by atoms with E-state index in [0.29, 0.717) is 12.6 Å². The van der Waals surface area contributed by atoms with Crippen LogP contribution in [0.4, 0.5) is 5.69 Å². The van der Waals surface area contributed by atoms with E-state index in [9.17, 15) is 0 Å². The zero-order valence-electron chi connectivity index (χ0n) is 17.7. The van der Waals surface area contributed by atoms with Crippen molar-refractivity contribution in [1.82, 2.24) is 25.8 Å². The highest BCUT2D eigenvalue weighted by Gasteiger charge is 2.25. The Balaban J connectivity index is 0.00000272. The molecule has 1 aromatic heterocycles. The Labute approximate surface area is 199 Å². The zero-order chi connectivity index (χ0) is 20.8. The third-order valence-electron chi connectivity index (χ3n) is 5.25. The van der Waals surface area contributed by atoms with Crippen LogP contribution >= 0.6 is 24.0 Å². The first kappa shape index (κ1) is 22.9. The van der Waals surface area contributed by atoms with Crippen molar-refractivity contribution in [2.75, 3.05) is 32.1 Å². The number of aromatic amines is 1. The maximum absolute atomic E-state index is 5.51. The zero-order valence-corrected chi connectivity index (χ0v) is 20.0. The number of rotatable bonds is 6. The van der Waals surface area contributed by atoms with E-state index in [-0.39, 0.29) is 24.0 Å². The van der Waals surface area contributed by atoms with Gasteiger partial charge in [-0.25, -0.2) is 4.98 Å². The second-order valence-corrected chi connectivity index (χ2v) is 7.21. The minimum Gasteiger partial charge on any atom is -0.495 e. The molecule has 3 N–H and O–H groups in total. The topological polar surface area (TPSA) is 90.5 Å². The summed E-state index contributed by atoms with van der Waals surface area (Å²) in [6, 6.07) is 16.7. The largest absolute Gasteiger partial charge is 0.495 e. The van der Waals surface area contributed by atoms with Crippen molar-refractivity contribution in [2.24, 2.45) is 4.99 Å². The second kappa shape index (κ2) is 11.0. The molecule has 0 amide bonds. The lowest BCUT2D eigenvalue weighted by molar-refractivity contribution is 0.415. The van der Waals surface area contributed by atoms with E-state index in [1.807, 2.05) is 30.3 Å². The number of benzene rings is 2. The van der Waals surface area contributed by atoms with Crippen molar-refractivity contribution in [2.45, 2.75) is 19.0 Å². The molecule has 31 heavy (non-hydrogen) atoms. The molecule has 0 radical (unpaired) electrons. The van der Waals surface area contributed by atoms with Crippen LogP contribution in [-0.4, -0.2) is 54.4 Å². The second-order valence-electron chi connectivity index (χ2n) is 7.21. The van der Waals surface area contributed by atoms with Crippen molar-refractivity contribution in [1.29, 1.82) is 0 Å². The van der Waals surface area contributed by atoms with Crippen LogP contribution < -0.4 is 20.3 Å². The van der Waals surface area contributed by atoms with E-state index < -0.39 is 0 Å². The van der Waals surface area contributed by atoms with Crippen LogP contribution in [0.3, 0.4) is 0 Å². The summed E-state index contributed by atoms with van der Waals surface area (Å²) in [7, 11) is 3.51. The van der Waals surface area contributed by atoms with E-state index in [1.165, 1.54) is 6.33 Å². The molecule has 1 aliphatic rings. The predicted octanol–water partition coefficient (Wildman–Crippen LogP) is 3.04. The number of aliphatic imine (C=N–C) groups is 1. The summed E-state index contributed by atoms with van der Waals surface area (Å²) in [6.45, 7) is 2.56. The number of hydrogen-bond acceptors (Lipinski definition) is 5. The van der Waals surface area contributed by atoms with Gasteiger partial charge in [0.05, 0.1) is 12.8 Å². The van der Waals surface area contributed by atoms with Crippen LogP contribution in [0.15, 0.2) is 59.9 Å². The number of anilines is 1. The van der Waals surface area contributed by atoms with Gasteiger partial charge in [-0.15, -0.1) is 24.0 Å². The molecule has 8 nitrogen and oxygen atoms in total. The molecule has 1 saturated heterocycles. The van der Waals surface area contributed by atoms with Crippen molar-refractivity contribution in [3.63, 3.8) is 0 Å². The quantitative estimate of drug-likeness (QED) is 0.257. The molecule has 164 valence electrons. The van der Waals surface area contributed by atoms with Gasteiger partial charge in [0.2, 0.25) is 0 Å². The summed E-state index contributed by atoms with van der Waals surface area (Å²) in [5.74, 6) is 2.47. The molecule has 0 aliphatic carbocycles. The Kier molecular flexibility index (Phi) is 8.10. The fourth-order valence-corrected chi connectivity index (χ4v) is 3.73. The Morgan fingerprint density at radius 2 is 2.13 bits per heavy atom. The highest BCUT2D eigenvalue weighted by Crippen LogP contribution is 2.30. The van der Waals surface area contributed by atoms with Gasteiger partial charge in [-0.05, 0) is 30.2 Å². The first-order valence-electron chi connectivity index (χ1n) is 10.1. The summed E-state index contributed by atoms with van der Waals surface area (Å²) in [5, 5.41) is 13.8. The number of guanidine groups is 1. The van der Waals surface area contributed by atoms with Gasteiger partial charge < -0.3 is 20.3 Å². The summed E-state index contributed by atoms with van der Waals surface area (Å²) >= 11 is 0. The van der Waals surface area contributed by atoms with Crippen LogP contribution in [0.25, 0.3) is 11.4 Å². The Morgan fingerprint density at radius 3 is 2.90 bits per heavy atom. The minimum atomic E-state index is 0. The lowest BCUT2D eigenvalue weighted by Gasteiger charge is -2.22. The van der Waals surface area contributed by atoms with Gasteiger partial charge in [-0.3, -0.25) is 10.1 Å². The molecule has 9 heteroatoms. The summed E-state index contributed by atoms with van der Waals surface area (Å²) in [5.41, 5.74) is 3.29. The average Bonchev–Trinajstić information content (AvgIpc) is 3.49. The number of methoxy groups -OCH3 is 1. The maximum Gasteiger partial charge on any atom is 0.191 e. The SMILES string of the molecule is CN=C(NCc1cccc(-c2ncn[nH]2)c1)NC1CCN(c2ccccc2OC)C1.I. The van der Waals surface area contributed by atoms with E-state index in [2.05, 4.69) is 53.9 Å².